The van der Waals surface area contributed by atoms with Crippen LogP contribution in [0.2, 0.25) is 0 Å². The van der Waals surface area contributed by atoms with Crippen molar-refractivity contribution in [2.75, 3.05) is 25.6 Å². The zero-order valence-corrected chi connectivity index (χ0v) is 18.3. The van der Waals surface area contributed by atoms with Crippen LogP contribution < -0.4 is 21.1 Å². The maximum absolute atomic E-state index is 14.4. The molecule has 0 saturated carbocycles. The minimum Gasteiger partial charge on any atom is -0.499 e. The highest BCUT2D eigenvalue weighted by atomic mass is 127. The molecule has 2 aromatic rings. The van der Waals surface area contributed by atoms with Crippen LogP contribution in [0.5, 0.6) is 5.75 Å². The summed E-state index contributed by atoms with van der Waals surface area (Å²) in [7, 11) is 2.81. The zero-order valence-electron chi connectivity index (χ0n) is 16.2. The highest BCUT2D eigenvalue weighted by Crippen LogP contribution is 2.30. The maximum atomic E-state index is 14.4. The Hall–Kier alpha value is -2.60. The maximum Gasteiger partial charge on any atom is 0.282 e. The number of pyridine rings is 1. The summed E-state index contributed by atoms with van der Waals surface area (Å²) in [6.07, 6.45) is 1.25. The molecule has 1 heterocycles. The molecule has 0 aliphatic carbocycles. The van der Waals surface area contributed by atoms with Gasteiger partial charge in [0.15, 0.2) is 0 Å². The summed E-state index contributed by atoms with van der Waals surface area (Å²) in [4.78, 5) is 30.4. The van der Waals surface area contributed by atoms with Crippen molar-refractivity contribution in [2.24, 2.45) is 7.05 Å². The molecular weight excluding hydrogens is 496 g/mol. The number of nitrogens with zero attached hydrogens (tertiary/aromatic N) is 1. The monoisotopic (exact) mass is 517 g/mol. The number of ether oxygens (including phenoxy) is 2. The lowest BCUT2D eigenvalue weighted by atomic mass is 10.1. The van der Waals surface area contributed by atoms with Gasteiger partial charge in [-0.2, -0.15) is 0 Å². The highest BCUT2D eigenvalue weighted by Gasteiger charge is 2.25. The van der Waals surface area contributed by atoms with Crippen molar-refractivity contribution < 1.29 is 23.5 Å². The van der Waals surface area contributed by atoms with Crippen LogP contribution in [0.3, 0.4) is 0 Å². The number of carbonyl (C=O) groups excluding carboxylic acids is 1. The number of methoxy groups -OCH3 is 1. The number of hydroxylamine groups is 1. The molecule has 2 rings (SSSR count). The van der Waals surface area contributed by atoms with Crippen LogP contribution in [0.15, 0.2) is 35.8 Å². The molecule has 1 aromatic heterocycles. The Balaban J connectivity index is 2.48. The lowest BCUT2D eigenvalue weighted by Crippen LogP contribution is -2.31. The lowest BCUT2D eigenvalue weighted by molar-refractivity contribution is 0.0143. The second-order valence-corrected chi connectivity index (χ2v) is 7.06. The van der Waals surface area contributed by atoms with Crippen molar-refractivity contribution in [3.8, 4) is 5.75 Å². The van der Waals surface area contributed by atoms with E-state index in [9.17, 15) is 14.0 Å². The summed E-state index contributed by atoms with van der Waals surface area (Å²) < 4.78 is 26.5. The quantitative estimate of drug-likeness (QED) is 0.230. The number of aromatic nitrogens is 1. The predicted octanol–water partition coefficient (Wildman–Crippen LogP) is 3.01. The van der Waals surface area contributed by atoms with E-state index in [1.54, 1.807) is 6.07 Å². The summed E-state index contributed by atoms with van der Waals surface area (Å²) in [5.41, 5.74) is 2.20. The Morgan fingerprint density at radius 2 is 2.10 bits per heavy atom. The van der Waals surface area contributed by atoms with Gasteiger partial charge in [0.1, 0.15) is 36.2 Å². The van der Waals surface area contributed by atoms with Crippen molar-refractivity contribution in [1.29, 1.82) is 0 Å². The molecule has 0 unspecified atom stereocenters. The Morgan fingerprint density at radius 3 is 2.72 bits per heavy atom. The average Bonchev–Trinajstić information content (AvgIpc) is 2.69. The van der Waals surface area contributed by atoms with E-state index in [0.29, 0.717) is 3.57 Å². The normalized spacial score (nSPS) is 10.4. The predicted molar refractivity (Wildman–Crippen MR) is 115 cm³/mol. The van der Waals surface area contributed by atoms with E-state index in [0.717, 1.165) is 0 Å². The largest absolute Gasteiger partial charge is 0.499 e. The standard InChI is InChI=1S/C19H21FIN3O5/c1-5-28-8-9-29-23-18(25)15-16(27-4)11(2)19(26)24(3)17(15)22-14-7-6-12(21)10-13(14)20/h5-7,10,22H,1,8-9H2,2-4H3,(H,23,25). The Bertz CT molecular complexity index is 977. The SMILES string of the molecule is C=COCCONC(=O)c1c(OC)c(C)c(=O)n(C)c1Nc1ccc(I)cc1F. The molecule has 10 heteroatoms. The molecule has 0 aliphatic heterocycles. The zero-order chi connectivity index (χ0) is 21.6. The van der Waals surface area contributed by atoms with Gasteiger partial charge < -0.3 is 14.8 Å². The Morgan fingerprint density at radius 1 is 1.38 bits per heavy atom. The number of nitrogens with one attached hydrogen (secondary N) is 2. The number of benzene rings is 1. The van der Waals surface area contributed by atoms with Crippen LogP contribution in [0.4, 0.5) is 15.9 Å². The minimum atomic E-state index is -0.674. The first kappa shape index (κ1) is 22.7. The van der Waals surface area contributed by atoms with Gasteiger partial charge in [-0.25, -0.2) is 9.87 Å². The number of hydrogen-bond acceptors (Lipinski definition) is 6. The summed E-state index contributed by atoms with van der Waals surface area (Å²) in [5, 5.41) is 2.82. The van der Waals surface area contributed by atoms with Gasteiger partial charge in [0.25, 0.3) is 11.5 Å². The van der Waals surface area contributed by atoms with E-state index in [1.165, 1.54) is 44.0 Å². The van der Waals surface area contributed by atoms with Crippen LogP contribution in [0, 0.1) is 16.3 Å². The number of anilines is 2. The summed E-state index contributed by atoms with van der Waals surface area (Å²) in [6, 6.07) is 4.53. The fourth-order valence-corrected chi connectivity index (χ4v) is 3.04. The summed E-state index contributed by atoms with van der Waals surface area (Å²) in [5.74, 6) is -1.09. The third-order valence-electron chi connectivity index (χ3n) is 3.97. The highest BCUT2D eigenvalue weighted by molar-refractivity contribution is 14.1. The van der Waals surface area contributed by atoms with Crippen LogP contribution in [-0.2, 0) is 16.6 Å². The molecule has 156 valence electrons. The van der Waals surface area contributed by atoms with E-state index >= 15 is 0 Å². The lowest BCUT2D eigenvalue weighted by Gasteiger charge is -2.20. The van der Waals surface area contributed by atoms with Crippen molar-refractivity contribution in [2.45, 2.75) is 6.92 Å². The Kier molecular flexibility index (Phi) is 8.02. The van der Waals surface area contributed by atoms with E-state index in [2.05, 4.69) is 17.4 Å². The molecule has 0 spiro atoms. The molecule has 1 aromatic carbocycles. The second kappa shape index (κ2) is 10.3. The third-order valence-corrected chi connectivity index (χ3v) is 4.64. The van der Waals surface area contributed by atoms with Crippen LogP contribution in [-0.4, -0.2) is 30.8 Å². The van der Waals surface area contributed by atoms with Gasteiger partial charge in [0.05, 0.1) is 24.6 Å². The van der Waals surface area contributed by atoms with Crippen molar-refractivity contribution in [3.63, 3.8) is 0 Å². The van der Waals surface area contributed by atoms with Gasteiger partial charge in [0.2, 0.25) is 0 Å². The van der Waals surface area contributed by atoms with Gasteiger partial charge in [-0.1, -0.05) is 6.58 Å². The van der Waals surface area contributed by atoms with E-state index < -0.39 is 17.3 Å². The van der Waals surface area contributed by atoms with Crippen molar-refractivity contribution in [3.05, 3.63) is 61.9 Å². The first-order valence-corrected chi connectivity index (χ1v) is 9.54. The number of rotatable bonds is 9. The molecule has 0 saturated heterocycles. The fraction of sp³-hybridized carbons (Fsp3) is 0.263. The molecular formula is C19H21FIN3O5. The van der Waals surface area contributed by atoms with Gasteiger partial charge in [0, 0.05) is 10.6 Å². The minimum absolute atomic E-state index is 0.00492. The molecule has 0 radical (unpaired) electrons. The van der Waals surface area contributed by atoms with Crippen LogP contribution in [0.25, 0.3) is 0 Å². The molecule has 29 heavy (non-hydrogen) atoms. The second-order valence-electron chi connectivity index (χ2n) is 5.81. The molecule has 0 fully saturated rings. The number of halogens is 2. The first-order valence-electron chi connectivity index (χ1n) is 8.46. The smallest absolute Gasteiger partial charge is 0.282 e. The molecule has 8 nitrogen and oxygen atoms in total. The van der Waals surface area contributed by atoms with Gasteiger partial charge in [-0.3, -0.25) is 19.0 Å². The molecule has 2 N–H and O–H groups in total. The topological polar surface area (TPSA) is 90.8 Å². The molecule has 0 bridgehead atoms. The van der Waals surface area contributed by atoms with E-state index in [-0.39, 0.29) is 41.6 Å². The fourth-order valence-electron chi connectivity index (χ4n) is 2.58. The molecule has 0 aliphatic rings. The molecule has 0 atom stereocenters. The first-order chi connectivity index (χ1) is 13.8. The summed E-state index contributed by atoms with van der Waals surface area (Å²) in [6.45, 7) is 5.19. The van der Waals surface area contributed by atoms with E-state index in [1.807, 2.05) is 22.6 Å². The number of hydrogen-bond donors (Lipinski definition) is 2. The summed E-state index contributed by atoms with van der Waals surface area (Å²) >= 11 is 1.98. The Labute approximate surface area is 180 Å². The van der Waals surface area contributed by atoms with Crippen LogP contribution >= 0.6 is 22.6 Å². The number of amides is 1. The number of carbonyl (C=O) groups is 1. The van der Waals surface area contributed by atoms with Crippen LogP contribution in [0.1, 0.15) is 15.9 Å². The van der Waals surface area contributed by atoms with E-state index in [4.69, 9.17) is 14.3 Å². The van der Waals surface area contributed by atoms with Gasteiger partial charge in [-0.05, 0) is 47.7 Å². The van der Waals surface area contributed by atoms with Gasteiger partial charge >= 0.3 is 0 Å². The van der Waals surface area contributed by atoms with Crippen molar-refractivity contribution >= 4 is 40.0 Å². The third kappa shape index (κ3) is 5.26. The van der Waals surface area contributed by atoms with Gasteiger partial charge in [-0.15, -0.1) is 0 Å². The molecule has 1 amide bonds. The van der Waals surface area contributed by atoms with Crippen molar-refractivity contribution in [1.82, 2.24) is 10.0 Å². The average molecular weight is 517 g/mol.